The highest BCUT2D eigenvalue weighted by molar-refractivity contribution is 5.97. The van der Waals surface area contributed by atoms with Crippen LogP contribution in [0, 0.1) is 0 Å². The van der Waals surface area contributed by atoms with Gasteiger partial charge in [-0.05, 0) is 43.7 Å². The molecule has 7 heteroatoms. The fraction of sp³-hybridized carbons (Fsp3) is 0.286. The lowest BCUT2D eigenvalue weighted by atomic mass is 10.1. The van der Waals surface area contributed by atoms with E-state index in [4.69, 9.17) is 4.74 Å². The first-order chi connectivity index (χ1) is 13.5. The van der Waals surface area contributed by atoms with Gasteiger partial charge < -0.3 is 19.2 Å². The fourth-order valence-corrected chi connectivity index (χ4v) is 3.06. The van der Waals surface area contributed by atoms with Gasteiger partial charge in [0.2, 0.25) is 0 Å². The highest BCUT2D eigenvalue weighted by Gasteiger charge is 2.14. The second-order valence-corrected chi connectivity index (χ2v) is 6.48. The first-order valence-corrected chi connectivity index (χ1v) is 9.21. The highest BCUT2D eigenvalue weighted by Crippen LogP contribution is 2.14. The lowest BCUT2D eigenvalue weighted by Crippen LogP contribution is -2.36. The van der Waals surface area contributed by atoms with Crippen LogP contribution in [0.15, 0.2) is 58.1 Å². The molecule has 28 heavy (non-hydrogen) atoms. The Morgan fingerprint density at radius 2 is 1.89 bits per heavy atom. The number of amides is 1. The molecular formula is C21H23N3O4. The van der Waals surface area contributed by atoms with Crippen LogP contribution in [0.4, 0.5) is 0 Å². The van der Waals surface area contributed by atoms with E-state index in [9.17, 15) is 14.4 Å². The topological polar surface area (TPSA) is 84.4 Å². The monoisotopic (exact) mass is 381 g/mol. The molecule has 2 aromatic carbocycles. The average molecular weight is 381 g/mol. The van der Waals surface area contributed by atoms with Crippen LogP contribution in [0.3, 0.4) is 0 Å². The molecule has 0 bridgehead atoms. The van der Waals surface area contributed by atoms with E-state index < -0.39 is 11.1 Å². The van der Waals surface area contributed by atoms with Crippen LogP contribution in [0.5, 0.6) is 5.75 Å². The minimum Gasteiger partial charge on any atom is -0.494 e. The van der Waals surface area contributed by atoms with Crippen molar-refractivity contribution in [3.05, 3.63) is 74.8 Å². The number of para-hydroxylation sites is 1. The van der Waals surface area contributed by atoms with Crippen LogP contribution in [0.2, 0.25) is 0 Å². The minimum atomic E-state index is -0.689. The number of aromatic nitrogens is 2. The highest BCUT2D eigenvalue weighted by atomic mass is 16.5. The third-order valence-electron chi connectivity index (χ3n) is 4.53. The van der Waals surface area contributed by atoms with Gasteiger partial charge in [0, 0.05) is 25.7 Å². The molecule has 0 saturated carbocycles. The van der Waals surface area contributed by atoms with Gasteiger partial charge in [0.15, 0.2) is 0 Å². The summed E-state index contributed by atoms with van der Waals surface area (Å²) in [6.07, 6.45) is 0.691. The molecule has 1 heterocycles. The van der Waals surface area contributed by atoms with Crippen molar-refractivity contribution in [2.75, 3.05) is 20.2 Å². The molecule has 1 N–H and O–H groups in total. The summed E-state index contributed by atoms with van der Waals surface area (Å²) in [4.78, 5) is 40.6. The molecule has 0 aliphatic carbocycles. The average Bonchev–Trinajstić information content (AvgIpc) is 2.72. The van der Waals surface area contributed by atoms with Crippen molar-refractivity contribution in [1.82, 2.24) is 14.5 Å². The third kappa shape index (κ3) is 4.14. The van der Waals surface area contributed by atoms with E-state index in [1.54, 1.807) is 37.1 Å². The van der Waals surface area contributed by atoms with Crippen LogP contribution in [-0.2, 0) is 6.54 Å². The van der Waals surface area contributed by atoms with E-state index >= 15 is 0 Å². The number of benzene rings is 2. The van der Waals surface area contributed by atoms with E-state index in [2.05, 4.69) is 4.98 Å². The van der Waals surface area contributed by atoms with Gasteiger partial charge in [-0.1, -0.05) is 18.2 Å². The number of carbonyl (C=O) groups is 1. The minimum absolute atomic E-state index is 0.156. The zero-order valence-corrected chi connectivity index (χ0v) is 16.0. The summed E-state index contributed by atoms with van der Waals surface area (Å²) >= 11 is 0. The van der Waals surface area contributed by atoms with Crippen molar-refractivity contribution in [2.45, 2.75) is 19.9 Å². The Morgan fingerprint density at radius 1 is 1.14 bits per heavy atom. The van der Waals surface area contributed by atoms with Crippen molar-refractivity contribution in [1.29, 1.82) is 0 Å². The number of nitrogens with zero attached hydrogens (tertiary/aromatic N) is 2. The molecule has 0 unspecified atom stereocenters. The van der Waals surface area contributed by atoms with Gasteiger partial charge in [-0.25, -0.2) is 0 Å². The molecule has 1 amide bonds. The van der Waals surface area contributed by atoms with Crippen molar-refractivity contribution in [3.63, 3.8) is 0 Å². The van der Waals surface area contributed by atoms with Crippen LogP contribution in [0.25, 0.3) is 11.0 Å². The summed E-state index contributed by atoms with van der Waals surface area (Å²) < 4.78 is 7.04. The first kappa shape index (κ1) is 19.4. The van der Waals surface area contributed by atoms with Crippen LogP contribution < -0.4 is 15.9 Å². The van der Waals surface area contributed by atoms with Crippen LogP contribution >= 0.6 is 0 Å². The van der Waals surface area contributed by atoms with Gasteiger partial charge in [0.25, 0.3) is 5.91 Å². The summed E-state index contributed by atoms with van der Waals surface area (Å²) in [7, 11) is 1.73. The van der Waals surface area contributed by atoms with Gasteiger partial charge in [-0.2, -0.15) is 0 Å². The molecule has 146 valence electrons. The number of ether oxygens (including phenoxy) is 1. The van der Waals surface area contributed by atoms with Gasteiger partial charge >= 0.3 is 11.1 Å². The summed E-state index contributed by atoms with van der Waals surface area (Å²) in [5.41, 5.74) is 0.242. The van der Waals surface area contributed by atoms with E-state index in [0.717, 1.165) is 5.75 Å². The second-order valence-electron chi connectivity index (χ2n) is 6.48. The van der Waals surface area contributed by atoms with Gasteiger partial charge in [0.05, 0.1) is 17.6 Å². The number of hydrogen-bond donors (Lipinski definition) is 1. The quantitative estimate of drug-likeness (QED) is 0.503. The number of rotatable bonds is 7. The lowest BCUT2D eigenvalue weighted by Gasteiger charge is -2.18. The Hall–Kier alpha value is -3.35. The van der Waals surface area contributed by atoms with Gasteiger partial charge in [-0.3, -0.25) is 14.4 Å². The maximum absolute atomic E-state index is 12.7. The normalized spacial score (nSPS) is 10.8. The van der Waals surface area contributed by atoms with Gasteiger partial charge in [0.1, 0.15) is 5.75 Å². The molecule has 0 radical (unpaired) electrons. The molecule has 7 nitrogen and oxygen atoms in total. The fourth-order valence-electron chi connectivity index (χ4n) is 3.06. The molecule has 3 rings (SSSR count). The zero-order chi connectivity index (χ0) is 20.1. The summed E-state index contributed by atoms with van der Waals surface area (Å²) in [6.45, 7) is 3.22. The van der Waals surface area contributed by atoms with E-state index in [0.29, 0.717) is 42.7 Å². The summed E-state index contributed by atoms with van der Waals surface area (Å²) in [6, 6.07) is 14.5. The van der Waals surface area contributed by atoms with Crippen molar-refractivity contribution in [3.8, 4) is 5.75 Å². The molecule has 0 fully saturated rings. The van der Waals surface area contributed by atoms with E-state index in [1.807, 2.05) is 30.3 Å². The van der Waals surface area contributed by atoms with Crippen LogP contribution in [-0.4, -0.2) is 40.6 Å². The Bertz CT molecular complexity index is 1090. The standard InChI is InChI=1S/C21H23N3O4/c1-3-24-18-11-10-15(14-17(18)22-19(25)21(24)27)20(26)23(2)12-7-13-28-16-8-5-4-6-9-16/h4-6,8-11,14H,3,7,12-13H2,1-2H3,(H,22,25). The van der Waals surface area contributed by atoms with Crippen LogP contribution in [0.1, 0.15) is 23.7 Å². The SMILES string of the molecule is CCn1c(=O)c(=O)[nH]c2cc(C(=O)N(C)CCCOc3ccccc3)ccc21. The summed E-state index contributed by atoms with van der Waals surface area (Å²) in [5, 5.41) is 0. The number of aryl methyl sites for hydroxylation is 1. The lowest BCUT2D eigenvalue weighted by molar-refractivity contribution is 0.0788. The Morgan fingerprint density at radius 3 is 2.61 bits per heavy atom. The molecule has 0 spiro atoms. The predicted molar refractivity (Wildman–Crippen MR) is 108 cm³/mol. The Labute approximate surface area is 162 Å². The maximum atomic E-state index is 12.7. The number of fused-ring (bicyclic) bond motifs is 1. The van der Waals surface area contributed by atoms with Gasteiger partial charge in [-0.15, -0.1) is 0 Å². The number of aromatic amines is 1. The molecule has 0 aliphatic rings. The van der Waals surface area contributed by atoms with Crippen molar-refractivity contribution in [2.24, 2.45) is 0 Å². The third-order valence-corrected chi connectivity index (χ3v) is 4.53. The molecule has 3 aromatic rings. The summed E-state index contributed by atoms with van der Waals surface area (Å²) in [5.74, 6) is 0.647. The number of nitrogens with one attached hydrogen (secondary N) is 1. The molecule has 0 aliphatic heterocycles. The molecule has 0 saturated heterocycles. The molecule has 1 aromatic heterocycles. The smallest absolute Gasteiger partial charge is 0.316 e. The second kappa shape index (κ2) is 8.56. The Balaban J connectivity index is 1.67. The predicted octanol–water partition coefficient (Wildman–Crippen LogP) is 2.25. The Kier molecular flexibility index (Phi) is 5.93. The van der Waals surface area contributed by atoms with Crippen molar-refractivity contribution >= 4 is 16.9 Å². The van der Waals surface area contributed by atoms with E-state index in [-0.39, 0.29) is 5.91 Å². The first-order valence-electron chi connectivity index (χ1n) is 9.21. The largest absolute Gasteiger partial charge is 0.494 e. The van der Waals surface area contributed by atoms with Crippen molar-refractivity contribution < 1.29 is 9.53 Å². The molecule has 0 atom stereocenters. The number of hydrogen-bond acceptors (Lipinski definition) is 4. The maximum Gasteiger partial charge on any atom is 0.316 e. The van der Waals surface area contributed by atoms with E-state index in [1.165, 1.54) is 4.57 Å². The number of H-pyrrole nitrogens is 1. The zero-order valence-electron chi connectivity index (χ0n) is 16.0. The molecular weight excluding hydrogens is 358 g/mol. The number of carbonyl (C=O) groups excluding carboxylic acids is 1.